The normalized spacial score (nSPS) is 10.9. The summed E-state index contributed by atoms with van der Waals surface area (Å²) in [5.41, 5.74) is 2.32. The van der Waals surface area contributed by atoms with E-state index in [4.69, 9.17) is 0 Å². The van der Waals surface area contributed by atoms with Crippen LogP contribution in [0, 0.1) is 13.8 Å². The van der Waals surface area contributed by atoms with Gasteiger partial charge in [0.15, 0.2) is 5.78 Å². The van der Waals surface area contributed by atoms with Crippen LogP contribution in [0.4, 0.5) is 0 Å². The minimum absolute atomic E-state index is 0.203. The lowest BCUT2D eigenvalue weighted by Crippen LogP contribution is -2.00. The van der Waals surface area contributed by atoms with E-state index in [1.165, 1.54) is 44.9 Å². The van der Waals surface area contributed by atoms with Crippen LogP contribution in [0.3, 0.4) is 0 Å². The minimum Gasteiger partial charge on any atom is -0.507 e. The Labute approximate surface area is 135 Å². The molecule has 0 unspecified atom stereocenters. The largest absolute Gasteiger partial charge is 0.507 e. The average Bonchev–Trinajstić information content (AvgIpc) is 2.50. The summed E-state index contributed by atoms with van der Waals surface area (Å²) in [6, 6.07) is 3.61. The number of carbonyl (C=O) groups is 1. The van der Waals surface area contributed by atoms with Crippen molar-refractivity contribution in [3.8, 4) is 5.75 Å². The van der Waals surface area contributed by atoms with Gasteiger partial charge in [-0.3, -0.25) is 4.79 Å². The first kappa shape index (κ1) is 18.7. The summed E-state index contributed by atoms with van der Waals surface area (Å²) in [4.78, 5) is 12.2. The quantitative estimate of drug-likeness (QED) is 0.395. The molecule has 2 heteroatoms. The number of aromatic hydroxyl groups is 1. The molecule has 0 fully saturated rings. The summed E-state index contributed by atoms with van der Waals surface area (Å²) in [5, 5.41) is 9.75. The fourth-order valence-electron chi connectivity index (χ4n) is 2.86. The topological polar surface area (TPSA) is 37.3 Å². The summed E-state index contributed by atoms with van der Waals surface area (Å²) >= 11 is 0. The van der Waals surface area contributed by atoms with E-state index >= 15 is 0 Å². The number of ketones is 1. The molecular formula is C20H32O2. The molecule has 2 nitrogen and oxygen atoms in total. The van der Waals surface area contributed by atoms with Gasteiger partial charge in [0.2, 0.25) is 0 Å². The van der Waals surface area contributed by atoms with Crippen LogP contribution in [-0.2, 0) is 0 Å². The lowest BCUT2D eigenvalue weighted by atomic mass is 9.99. The van der Waals surface area contributed by atoms with Gasteiger partial charge < -0.3 is 5.11 Å². The number of hydrogen-bond acceptors (Lipinski definition) is 2. The molecule has 1 rings (SSSR count). The van der Waals surface area contributed by atoms with Crippen LogP contribution < -0.4 is 0 Å². The van der Waals surface area contributed by atoms with E-state index in [-0.39, 0.29) is 5.78 Å². The van der Waals surface area contributed by atoms with Crippen molar-refractivity contribution >= 4 is 5.78 Å². The molecule has 0 aliphatic heterocycles. The molecule has 1 aromatic carbocycles. The molecule has 0 saturated heterocycles. The standard InChI is InChI=1S/C20H32O2/c1-4-5-6-7-8-9-10-11-12-13-19(21)18-14-16(2)20(22)17(3)15-18/h14-15,22H,4-13H2,1-3H3. The molecule has 0 aromatic heterocycles. The summed E-state index contributed by atoms with van der Waals surface area (Å²) < 4.78 is 0. The zero-order valence-corrected chi connectivity index (χ0v) is 14.6. The Hall–Kier alpha value is -1.31. The molecule has 1 N–H and O–H groups in total. The van der Waals surface area contributed by atoms with Crippen molar-refractivity contribution in [1.82, 2.24) is 0 Å². The first-order valence-electron chi connectivity index (χ1n) is 8.89. The van der Waals surface area contributed by atoms with Crippen LogP contribution in [0.25, 0.3) is 0 Å². The average molecular weight is 304 g/mol. The number of rotatable bonds is 11. The molecule has 0 spiro atoms. The van der Waals surface area contributed by atoms with Gasteiger partial charge in [0.1, 0.15) is 5.75 Å². The third-order valence-corrected chi connectivity index (χ3v) is 4.32. The third kappa shape index (κ3) is 6.64. The number of hydrogen-bond donors (Lipinski definition) is 1. The van der Waals surface area contributed by atoms with E-state index in [2.05, 4.69) is 6.92 Å². The van der Waals surface area contributed by atoms with Gasteiger partial charge in [-0.1, -0.05) is 58.3 Å². The molecule has 1 aromatic rings. The Morgan fingerprint density at radius 1 is 0.864 bits per heavy atom. The maximum atomic E-state index is 12.2. The molecule has 22 heavy (non-hydrogen) atoms. The van der Waals surface area contributed by atoms with Crippen molar-refractivity contribution in [2.24, 2.45) is 0 Å². The Bertz CT molecular complexity index is 440. The SMILES string of the molecule is CCCCCCCCCCCC(=O)c1cc(C)c(O)c(C)c1. The molecular weight excluding hydrogens is 272 g/mol. The number of Topliss-reactive ketones (excluding diaryl/α,β-unsaturated/α-hetero) is 1. The lowest BCUT2D eigenvalue weighted by molar-refractivity contribution is 0.0979. The second kappa shape index (κ2) is 10.4. The fraction of sp³-hybridized carbons (Fsp3) is 0.650. The van der Waals surface area contributed by atoms with Crippen molar-refractivity contribution in [3.63, 3.8) is 0 Å². The number of carbonyl (C=O) groups excluding carboxylic acids is 1. The van der Waals surface area contributed by atoms with Gasteiger partial charge in [0, 0.05) is 12.0 Å². The Balaban J connectivity index is 2.19. The van der Waals surface area contributed by atoms with Gasteiger partial charge in [-0.25, -0.2) is 0 Å². The highest BCUT2D eigenvalue weighted by Crippen LogP contribution is 2.24. The molecule has 124 valence electrons. The maximum Gasteiger partial charge on any atom is 0.162 e. The molecule has 0 heterocycles. The van der Waals surface area contributed by atoms with Crippen molar-refractivity contribution < 1.29 is 9.90 Å². The van der Waals surface area contributed by atoms with Gasteiger partial charge in [0.25, 0.3) is 0 Å². The van der Waals surface area contributed by atoms with Crippen LogP contribution in [0.2, 0.25) is 0 Å². The highest BCUT2D eigenvalue weighted by Gasteiger charge is 2.09. The van der Waals surface area contributed by atoms with Crippen LogP contribution >= 0.6 is 0 Å². The monoisotopic (exact) mass is 304 g/mol. The van der Waals surface area contributed by atoms with Crippen LogP contribution in [0.5, 0.6) is 5.75 Å². The first-order valence-corrected chi connectivity index (χ1v) is 8.89. The smallest absolute Gasteiger partial charge is 0.162 e. The first-order chi connectivity index (χ1) is 10.6. The van der Waals surface area contributed by atoms with Crippen molar-refractivity contribution in [2.75, 3.05) is 0 Å². The Morgan fingerprint density at radius 3 is 1.82 bits per heavy atom. The molecule has 0 radical (unpaired) electrons. The minimum atomic E-state index is 0.203. The molecule has 0 bridgehead atoms. The zero-order chi connectivity index (χ0) is 16.4. The van der Waals surface area contributed by atoms with Gasteiger partial charge in [-0.15, -0.1) is 0 Å². The zero-order valence-electron chi connectivity index (χ0n) is 14.6. The van der Waals surface area contributed by atoms with Crippen molar-refractivity contribution in [2.45, 2.75) is 85.0 Å². The van der Waals surface area contributed by atoms with Crippen LogP contribution in [0.1, 0.15) is 92.6 Å². The molecule has 0 aliphatic rings. The predicted molar refractivity (Wildman–Crippen MR) is 93.8 cm³/mol. The Kier molecular flexibility index (Phi) is 8.88. The van der Waals surface area contributed by atoms with E-state index in [0.29, 0.717) is 12.2 Å². The van der Waals surface area contributed by atoms with Gasteiger partial charge >= 0.3 is 0 Å². The highest BCUT2D eigenvalue weighted by molar-refractivity contribution is 5.96. The molecule has 0 atom stereocenters. The number of aryl methyl sites for hydroxylation is 2. The van der Waals surface area contributed by atoms with Crippen molar-refractivity contribution in [3.05, 3.63) is 28.8 Å². The summed E-state index contributed by atoms with van der Waals surface area (Å²) in [5.74, 6) is 0.508. The van der Waals surface area contributed by atoms with E-state index < -0.39 is 0 Å². The van der Waals surface area contributed by atoms with Crippen molar-refractivity contribution in [1.29, 1.82) is 0 Å². The van der Waals surface area contributed by atoms with Gasteiger partial charge in [-0.05, 0) is 43.5 Å². The molecule has 0 amide bonds. The molecule has 0 saturated carbocycles. The van der Waals surface area contributed by atoms with Crippen LogP contribution in [-0.4, -0.2) is 10.9 Å². The van der Waals surface area contributed by atoms with Crippen LogP contribution in [0.15, 0.2) is 12.1 Å². The van der Waals surface area contributed by atoms with Gasteiger partial charge in [-0.2, -0.15) is 0 Å². The second-order valence-electron chi connectivity index (χ2n) is 6.46. The fourth-order valence-corrected chi connectivity index (χ4v) is 2.86. The van der Waals surface area contributed by atoms with Gasteiger partial charge in [0.05, 0.1) is 0 Å². The predicted octanol–water partition coefficient (Wildman–Crippen LogP) is 6.11. The highest BCUT2D eigenvalue weighted by atomic mass is 16.3. The van der Waals surface area contributed by atoms with E-state index in [0.717, 1.165) is 29.5 Å². The maximum absolute atomic E-state index is 12.2. The van der Waals surface area contributed by atoms with E-state index in [1.54, 1.807) is 12.1 Å². The van der Waals surface area contributed by atoms with E-state index in [9.17, 15) is 9.90 Å². The second-order valence-corrected chi connectivity index (χ2v) is 6.46. The number of benzene rings is 1. The number of unbranched alkanes of at least 4 members (excludes halogenated alkanes) is 8. The summed E-state index contributed by atoms with van der Waals surface area (Å²) in [6.07, 6.45) is 12.0. The number of phenols is 1. The van der Waals surface area contributed by atoms with E-state index in [1.807, 2.05) is 13.8 Å². The third-order valence-electron chi connectivity index (χ3n) is 4.32. The summed E-state index contributed by atoms with van der Waals surface area (Å²) in [6.45, 7) is 5.93. The number of phenolic OH excluding ortho intramolecular Hbond substituents is 1. The Morgan fingerprint density at radius 2 is 1.32 bits per heavy atom. The lowest BCUT2D eigenvalue weighted by Gasteiger charge is -2.07. The summed E-state index contributed by atoms with van der Waals surface area (Å²) in [7, 11) is 0. The molecule has 0 aliphatic carbocycles.